The molecule has 0 spiro atoms. The Labute approximate surface area is 175 Å². The van der Waals surface area contributed by atoms with Crippen molar-refractivity contribution in [3.63, 3.8) is 0 Å². The lowest BCUT2D eigenvalue weighted by molar-refractivity contribution is -0.115. The third kappa shape index (κ3) is 4.03. The summed E-state index contributed by atoms with van der Waals surface area (Å²) in [4.78, 5) is 27.9. The number of halogens is 1. The second kappa shape index (κ2) is 8.10. The molecule has 4 nitrogen and oxygen atoms in total. The molecule has 1 atom stereocenters. The van der Waals surface area contributed by atoms with Gasteiger partial charge >= 0.3 is 0 Å². The van der Waals surface area contributed by atoms with E-state index in [1.807, 2.05) is 36.4 Å². The monoisotopic (exact) mass is 404 g/mol. The molecule has 0 bridgehead atoms. The number of carbonyl (C=O) groups excluding carboxylic acids is 2. The highest BCUT2D eigenvalue weighted by Gasteiger charge is 2.27. The zero-order valence-corrected chi connectivity index (χ0v) is 16.8. The van der Waals surface area contributed by atoms with Crippen LogP contribution in [-0.2, 0) is 11.2 Å². The van der Waals surface area contributed by atoms with E-state index >= 15 is 0 Å². The maximum absolute atomic E-state index is 12.9. The largest absolute Gasteiger partial charge is 0.359 e. The van der Waals surface area contributed by atoms with Crippen LogP contribution in [0.15, 0.2) is 72.8 Å². The number of ketones is 1. The summed E-state index contributed by atoms with van der Waals surface area (Å²) in [7, 11) is 0. The summed E-state index contributed by atoms with van der Waals surface area (Å²) >= 11 is 6.12. The van der Waals surface area contributed by atoms with Gasteiger partial charge in [0.1, 0.15) is 0 Å². The Bertz CT molecular complexity index is 1070. The number of benzene rings is 3. The normalized spacial score (nSPS) is 15.1. The number of carbonyl (C=O) groups is 2. The van der Waals surface area contributed by atoms with E-state index in [4.69, 9.17) is 11.6 Å². The molecule has 3 aromatic rings. The highest BCUT2D eigenvalue weighted by Crippen LogP contribution is 2.31. The summed E-state index contributed by atoms with van der Waals surface area (Å²) in [5.74, 6) is -0.346. The van der Waals surface area contributed by atoms with Crippen LogP contribution in [0.3, 0.4) is 0 Å². The minimum absolute atomic E-state index is 0.169. The lowest BCUT2D eigenvalue weighted by Crippen LogP contribution is -2.37. The van der Waals surface area contributed by atoms with Crippen molar-refractivity contribution in [2.24, 2.45) is 0 Å². The maximum Gasteiger partial charge on any atom is 0.243 e. The molecule has 0 aliphatic carbocycles. The van der Waals surface area contributed by atoms with E-state index in [9.17, 15) is 9.59 Å². The first-order valence-electron chi connectivity index (χ1n) is 9.56. The first kappa shape index (κ1) is 19.2. The van der Waals surface area contributed by atoms with Gasteiger partial charge in [-0.05, 0) is 43.2 Å². The quantitative estimate of drug-likeness (QED) is 0.611. The van der Waals surface area contributed by atoms with Crippen LogP contribution in [0.4, 0.5) is 11.4 Å². The summed E-state index contributed by atoms with van der Waals surface area (Å²) in [5, 5.41) is 3.36. The molecule has 0 fully saturated rings. The second-order valence-corrected chi connectivity index (χ2v) is 7.68. The molecule has 0 unspecified atom stereocenters. The Hall–Kier alpha value is -3.11. The zero-order chi connectivity index (χ0) is 20.4. The zero-order valence-electron chi connectivity index (χ0n) is 16.1. The minimum Gasteiger partial charge on any atom is -0.359 e. The topological polar surface area (TPSA) is 49.4 Å². The van der Waals surface area contributed by atoms with Gasteiger partial charge in [0, 0.05) is 27.9 Å². The molecule has 29 heavy (non-hydrogen) atoms. The molecule has 1 amide bonds. The lowest BCUT2D eigenvalue weighted by Gasteiger charge is -2.24. The molecule has 0 aromatic heterocycles. The Morgan fingerprint density at radius 3 is 2.55 bits per heavy atom. The van der Waals surface area contributed by atoms with Crippen LogP contribution in [0.5, 0.6) is 0 Å². The van der Waals surface area contributed by atoms with Crippen molar-refractivity contribution in [1.29, 1.82) is 0 Å². The van der Waals surface area contributed by atoms with Gasteiger partial charge in [-0.3, -0.25) is 9.59 Å². The maximum atomic E-state index is 12.9. The SMILES string of the molecule is C[C@@H]1Cc2ccccc2N1CC(=O)Nc1ccc(Cl)cc1C(=O)c1ccccc1. The first-order chi connectivity index (χ1) is 14.0. The van der Waals surface area contributed by atoms with E-state index < -0.39 is 0 Å². The average Bonchev–Trinajstić information content (AvgIpc) is 3.04. The van der Waals surface area contributed by atoms with Gasteiger partial charge in [-0.1, -0.05) is 60.1 Å². The van der Waals surface area contributed by atoms with Gasteiger partial charge in [-0.2, -0.15) is 0 Å². The average molecular weight is 405 g/mol. The van der Waals surface area contributed by atoms with Crippen molar-refractivity contribution in [2.75, 3.05) is 16.8 Å². The number of para-hydroxylation sites is 1. The molecule has 0 saturated heterocycles. The minimum atomic E-state index is -0.178. The number of hydrogen-bond donors (Lipinski definition) is 1. The summed E-state index contributed by atoms with van der Waals surface area (Å²) in [6, 6.07) is 22.3. The number of rotatable bonds is 5. The van der Waals surface area contributed by atoms with Crippen molar-refractivity contribution in [3.05, 3.63) is 94.5 Å². The van der Waals surface area contributed by atoms with E-state index in [-0.39, 0.29) is 24.3 Å². The predicted molar refractivity (Wildman–Crippen MR) is 117 cm³/mol. The van der Waals surface area contributed by atoms with E-state index in [0.717, 1.165) is 12.1 Å². The van der Waals surface area contributed by atoms with E-state index in [1.165, 1.54) is 5.56 Å². The van der Waals surface area contributed by atoms with Crippen LogP contribution in [0, 0.1) is 0 Å². The Morgan fingerprint density at radius 2 is 1.76 bits per heavy atom. The van der Waals surface area contributed by atoms with Gasteiger partial charge in [0.05, 0.1) is 12.2 Å². The number of fused-ring (bicyclic) bond motifs is 1. The third-order valence-electron chi connectivity index (χ3n) is 5.20. The van der Waals surface area contributed by atoms with E-state index in [1.54, 1.807) is 30.3 Å². The Morgan fingerprint density at radius 1 is 1.03 bits per heavy atom. The van der Waals surface area contributed by atoms with Gasteiger partial charge in [-0.25, -0.2) is 0 Å². The molecule has 1 N–H and O–H groups in total. The first-order valence-corrected chi connectivity index (χ1v) is 9.94. The molecule has 1 heterocycles. The molecule has 146 valence electrons. The molecule has 0 saturated carbocycles. The number of nitrogens with one attached hydrogen (secondary N) is 1. The van der Waals surface area contributed by atoms with Crippen molar-refractivity contribution < 1.29 is 9.59 Å². The molecular formula is C24H21ClN2O2. The van der Waals surface area contributed by atoms with E-state index in [0.29, 0.717) is 21.8 Å². The van der Waals surface area contributed by atoms with Crippen LogP contribution >= 0.6 is 11.6 Å². The molecule has 5 heteroatoms. The summed E-state index contributed by atoms with van der Waals surface area (Å²) < 4.78 is 0. The molecule has 1 aliphatic heterocycles. The fourth-order valence-electron chi connectivity index (χ4n) is 3.77. The van der Waals surface area contributed by atoms with Crippen LogP contribution < -0.4 is 10.2 Å². The highest BCUT2D eigenvalue weighted by atomic mass is 35.5. The van der Waals surface area contributed by atoms with Crippen molar-refractivity contribution in [1.82, 2.24) is 0 Å². The smallest absolute Gasteiger partial charge is 0.243 e. The Kier molecular flexibility index (Phi) is 5.36. The summed E-state index contributed by atoms with van der Waals surface area (Å²) in [5.41, 5.74) is 3.73. The van der Waals surface area contributed by atoms with Crippen molar-refractivity contribution in [3.8, 4) is 0 Å². The molecule has 1 aliphatic rings. The predicted octanol–water partition coefficient (Wildman–Crippen LogP) is 4.96. The molecule has 3 aromatic carbocycles. The Balaban J connectivity index is 1.56. The third-order valence-corrected chi connectivity index (χ3v) is 5.43. The number of amides is 1. The number of anilines is 2. The van der Waals surface area contributed by atoms with Crippen LogP contribution in [0.2, 0.25) is 5.02 Å². The van der Waals surface area contributed by atoms with Crippen molar-refractivity contribution in [2.45, 2.75) is 19.4 Å². The fraction of sp³-hybridized carbons (Fsp3) is 0.167. The number of nitrogens with zero attached hydrogens (tertiary/aromatic N) is 1. The van der Waals surface area contributed by atoms with Crippen LogP contribution in [0.25, 0.3) is 0 Å². The molecule has 0 radical (unpaired) electrons. The molecule has 4 rings (SSSR count). The van der Waals surface area contributed by atoms with Gasteiger partial charge in [0.25, 0.3) is 0 Å². The van der Waals surface area contributed by atoms with Gasteiger partial charge in [0.2, 0.25) is 5.91 Å². The van der Waals surface area contributed by atoms with Gasteiger partial charge in [-0.15, -0.1) is 0 Å². The standard InChI is InChI=1S/C24H21ClN2O2/c1-16-13-18-9-5-6-10-22(18)27(16)15-23(28)26-21-12-11-19(25)14-20(21)24(29)17-7-3-2-4-8-17/h2-12,14,16H,13,15H2,1H3,(H,26,28)/t16-/m1/s1. The van der Waals surface area contributed by atoms with Crippen LogP contribution in [0.1, 0.15) is 28.4 Å². The lowest BCUT2D eigenvalue weighted by atomic mass is 10.0. The highest BCUT2D eigenvalue weighted by molar-refractivity contribution is 6.31. The summed E-state index contributed by atoms with van der Waals surface area (Å²) in [6.07, 6.45) is 0.919. The second-order valence-electron chi connectivity index (χ2n) is 7.24. The van der Waals surface area contributed by atoms with Gasteiger partial charge in [0.15, 0.2) is 5.78 Å². The van der Waals surface area contributed by atoms with Crippen LogP contribution in [-0.4, -0.2) is 24.3 Å². The van der Waals surface area contributed by atoms with Crippen molar-refractivity contribution >= 4 is 34.7 Å². The fourth-order valence-corrected chi connectivity index (χ4v) is 3.95. The number of hydrogen-bond acceptors (Lipinski definition) is 3. The van der Waals surface area contributed by atoms with Gasteiger partial charge < -0.3 is 10.2 Å². The van der Waals surface area contributed by atoms with E-state index in [2.05, 4.69) is 23.2 Å². The summed E-state index contributed by atoms with van der Waals surface area (Å²) in [6.45, 7) is 2.33. The molecular weight excluding hydrogens is 384 g/mol.